The molecule has 0 amide bonds. The van der Waals surface area contributed by atoms with Crippen LogP contribution in [0.5, 0.6) is 11.5 Å². The molecule has 0 heterocycles. The average Bonchev–Trinajstić information content (AvgIpc) is 2.28. The summed E-state index contributed by atoms with van der Waals surface area (Å²) in [7, 11) is 4.94. The van der Waals surface area contributed by atoms with Gasteiger partial charge in [0.1, 0.15) is 11.5 Å². The minimum Gasteiger partial charge on any atom is -0.496 e. The number of rotatable bonds is 6. The van der Waals surface area contributed by atoms with Gasteiger partial charge in [0.05, 0.1) is 26.4 Å². The van der Waals surface area contributed by atoms with E-state index in [9.17, 15) is 0 Å². The SMILES string of the molecule is COCc1c(OC)ccc(CC(C)(C)N)c1OC. The summed E-state index contributed by atoms with van der Waals surface area (Å²) in [5.74, 6) is 1.57. The highest BCUT2D eigenvalue weighted by Gasteiger charge is 2.19. The van der Waals surface area contributed by atoms with Crippen LogP contribution in [0.3, 0.4) is 0 Å². The average molecular weight is 253 g/mol. The summed E-state index contributed by atoms with van der Waals surface area (Å²) >= 11 is 0. The molecule has 0 bridgehead atoms. The van der Waals surface area contributed by atoms with Gasteiger partial charge in [0, 0.05) is 12.6 Å². The molecule has 0 aromatic heterocycles. The summed E-state index contributed by atoms with van der Waals surface area (Å²) in [5.41, 5.74) is 7.77. The highest BCUT2D eigenvalue weighted by Crippen LogP contribution is 2.34. The van der Waals surface area contributed by atoms with Crippen LogP contribution in [0.1, 0.15) is 25.0 Å². The van der Waals surface area contributed by atoms with E-state index in [4.69, 9.17) is 19.9 Å². The lowest BCUT2D eigenvalue weighted by atomic mass is 9.94. The molecular weight excluding hydrogens is 230 g/mol. The molecule has 102 valence electrons. The molecule has 0 aliphatic rings. The third-order valence-corrected chi connectivity index (χ3v) is 2.66. The van der Waals surface area contributed by atoms with Gasteiger partial charge in [-0.2, -0.15) is 0 Å². The third kappa shape index (κ3) is 3.62. The molecule has 0 unspecified atom stereocenters. The van der Waals surface area contributed by atoms with Crippen molar-refractivity contribution in [3.8, 4) is 11.5 Å². The van der Waals surface area contributed by atoms with Crippen molar-refractivity contribution in [3.05, 3.63) is 23.3 Å². The van der Waals surface area contributed by atoms with E-state index in [1.54, 1.807) is 21.3 Å². The molecule has 4 nitrogen and oxygen atoms in total. The van der Waals surface area contributed by atoms with Crippen LogP contribution >= 0.6 is 0 Å². The zero-order valence-electron chi connectivity index (χ0n) is 11.9. The Balaban J connectivity index is 3.23. The molecule has 0 saturated carbocycles. The van der Waals surface area contributed by atoms with Gasteiger partial charge in [-0.3, -0.25) is 0 Å². The second-order valence-electron chi connectivity index (χ2n) is 5.04. The van der Waals surface area contributed by atoms with Gasteiger partial charge >= 0.3 is 0 Å². The van der Waals surface area contributed by atoms with Crippen molar-refractivity contribution in [2.45, 2.75) is 32.4 Å². The normalized spacial score (nSPS) is 11.4. The summed E-state index contributed by atoms with van der Waals surface area (Å²) in [5, 5.41) is 0. The number of hydrogen-bond donors (Lipinski definition) is 1. The van der Waals surface area contributed by atoms with E-state index < -0.39 is 0 Å². The number of benzene rings is 1. The van der Waals surface area contributed by atoms with Crippen molar-refractivity contribution >= 4 is 0 Å². The number of methoxy groups -OCH3 is 3. The van der Waals surface area contributed by atoms with Gasteiger partial charge in [-0.25, -0.2) is 0 Å². The van der Waals surface area contributed by atoms with Gasteiger partial charge in [0.2, 0.25) is 0 Å². The Kier molecular flexibility index (Phi) is 4.99. The summed E-state index contributed by atoms with van der Waals surface area (Å²) in [6.45, 7) is 4.44. The Bertz CT molecular complexity index is 397. The van der Waals surface area contributed by atoms with Gasteiger partial charge in [-0.05, 0) is 31.9 Å². The minimum atomic E-state index is -0.286. The highest BCUT2D eigenvalue weighted by molar-refractivity contribution is 5.50. The standard InChI is InChI=1S/C14H23NO3/c1-14(2,15)8-10-6-7-12(17-4)11(9-16-3)13(10)18-5/h6-7H,8-9,15H2,1-5H3. The first-order valence-electron chi connectivity index (χ1n) is 5.93. The lowest BCUT2D eigenvalue weighted by Crippen LogP contribution is -2.34. The third-order valence-electron chi connectivity index (χ3n) is 2.66. The van der Waals surface area contributed by atoms with Crippen LogP contribution in [0.25, 0.3) is 0 Å². The number of ether oxygens (including phenoxy) is 3. The molecule has 4 heteroatoms. The second kappa shape index (κ2) is 6.07. The first kappa shape index (κ1) is 14.8. The van der Waals surface area contributed by atoms with Gasteiger partial charge in [0.15, 0.2) is 0 Å². The largest absolute Gasteiger partial charge is 0.496 e. The fourth-order valence-corrected chi connectivity index (χ4v) is 2.01. The van der Waals surface area contributed by atoms with Crippen LogP contribution < -0.4 is 15.2 Å². The zero-order valence-corrected chi connectivity index (χ0v) is 11.9. The van der Waals surface area contributed by atoms with Gasteiger partial charge in [-0.15, -0.1) is 0 Å². The van der Waals surface area contributed by atoms with E-state index in [-0.39, 0.29) is 5.54 Å². The molecule has 0 fully saturated rings. The molecule has 0 aliphatic heterocycles. The van der Waals surface area contributed by atoms with Crippen LogP contribution in [-0.2, 0) is 17.8 Å². The second-order valence-corrected chi connectivity index (χ2v) is 5.04. The fraction of sp³-hybridized carbons (Fsp3) is 0.571. The van der Waals surface area contributed by atoms with Gasteiger partial charge in [-0.1, -0.05) is 6.07 Å². The first-order valence-corrected chi connectivity index (χ1v) is 5.93. The van der Waals surface area contributed by atoms with E-state index in [1.165, 1.54) is 0 Å². The Labute approximate surface area is 109 Å². The van der Waals surface area contributed by atoms with Crippen LogP contribution in [0.15, 0.2) is 12.1 Å². The zero-order chi connectivity index (χ0) is 13.8. The van der Waals surface area contributed by atoms with Gasteiger partial charge in [0.25, 0.3) is 0 Å². The molecule has 2 N–H and O–H groups in total. The lowest BCUT2D eigenvalue weighted by molar-refractivity contribution is 0.178. The first-order chi connectivity index (χ1) is 8.42. The van der Waals surface area contributed by atoms with E-state index >= 15 is 0 Å². The fourth-order valence-electron chi connectivity index (χ4n) is 2.01. The van der Waals surface area contributed by atoms with Crippen LogP contribution in [-0.4, -0.2) is 26.9 Å². The van der Waals surface area contributed by atoms with Crippen molar-refractivity contribution < 1.29 is 14.2 Å². The van der Waals surface area contributed by atoms with E-state index in [0.29, 0.717) is 6.61 Å². The molecule has 0 spiro atoms. The molecular formula is C14H23NO3. The maximum Gasteiger partial charge on any atom is 0.131 e. The van der Waals surface area contributed by atoms with Crippen LogP contribution in [0, 0.1) is 0 Å². The topological polar surface area (TPSA) is 53.7 Å². The molecule has 0 atom stereocenters. The highest BCUT2D eigenvalue weighted by atomic mass is 16.5. The summed E-state index contributed by atoms with van der Waals surface area (Å²) in [6.07, 6.45) is 0.733. The van der Waals surface area contributed by atoms with Crippen LogP contribution in [0.4, 0.5) is 0 Å². The van der Waals surface area contributed by atoms with E-state index in [0.717, 1.165) is 29.0 Å². The smallest absolute Gasteiger partial charge is 0.131 e. The van der Waals surface area contributed by atoms with Crippen molar-refractivity contribution in [2.24, 2.45) is 5.73 Å². The van der Waals surface area contributed by atoms with Crippen molar-refractivity contribution in [2.75, 3.05) is 21.3 Å². The number of hydrogen-bond acceptors (Lipinski definition) is 4. The van der Waals surface area contributed by atoms with E-state index in [1.807, 2.05) is 26.0 Å². The van der Waals surface area contributed by atoms with Crippen molar-refractivity contribution in [3.63, 3.8) is 0 Å². The minimum absolute atomic E-state index is 0.286. The van der Waals surface area contributed by atoms with Crippen LogP contribution in [0.2, 0.25) is 0 Å². The van der Waals surface area contributed by atoms with E-state index in [2.05, 4.69) is 0 Å². The Hall–Kier alpha value is -1.26. The predicted molar refractivity (Wildman–Crippen MR) is 72.2 cm³/mol. The number of nitrogens with two attached hydrogens (primary N) is 1. The summed E-state index contributed by atoms with van der Waals surface area (Å²) in [6, 6.07) is 3.92. The molecule has 0 radical (unpaired) electrons. The Morgan fingerprint density at radius 1 is 1.11 bits per heavy atom. The van der Waals surface area contributed by atoms with Crippen molar-refractivity contribution in [1.82, 2.24) is 0 Å². The molecule has 1 rings (SSSR count). The molecule has 1 aromatic rings. The monoisotopic (exact) mass is 253 g/mol. The van der Waals surface area contributed by atoms with Crippen molar-refractivity contribution in [1.29, 1.82) is 0 Å². The predicted octanol–water partition coefficient (Wildman–Crippen LogP) is 2.13. The summed E-state index contributed by atoms with van der Waals surface area (Å²) < 4.78 is 16.0. The maximum atomic E-state index is 6.07. The maximum absolute atomic E-state index is 6.07. The quantitative estimate of drug-likeness (QED) is 0.844. The Morgan fingerprint density at radius 2 is 1.78 bits per heavy atom. The van der Waals surface area contributed by atoms with Gasteiger partial charge < -0.3 is 19.9 Å². The molecule has 0 saturated heterocycles. The Morgan fingerprint density at radius 3 is 2.22 bits per heavy atom. The molecule has 1 aromatic carbocycles. The summed E-state index contributed by atoms with van der Waals surface area (Å²) in [4.78, 5) is 0. The lowest BCUT2D eigenvalue weighted by Gasteiger charge is -2.22. The molecule has 18 heavy (non-hydrogen) atoms. The molecule has 0 aliphatic carbocycles.